The molecule has 0 saturated carbocycles. The van der Waals surface area contributed by atoms with Crippen LogP contribution >= 0.6 is 0 Å². The molecule has 2 atom stereocenters. The Morgan fingerprint density at radius 2 is 1.89 bits per heavy atom. The van der Waals surface area contributed by atoms with Crippen molar-refractivity contribution < 1.29 is 27.5 Å². The van der Waals surface area contributed by atoms with Crippen molar-refractivity contribution in [1.29, 1.82) is 0 Å². The van der Waals surface area contributed by atoms with E-state index in [-0.39, 0.29) is 11.5 Å². The molecule has 0 bridgehead atoms. The largest absolute Gasteiger partial charge is 0.379 e. The third kappa shape index (κ3) is 5.85. The highest BCUT2D eigenvalue weighted by atomic mass is 32.2. The van der Waals surface area contributed by atoms with Gasteiger partial charge in [0.25, 0.3) is 5.91 Å². The molecular weight excluding hydrogens is 386 g/mol. The van der Waals surface area contributed by atoms with Gasteiger partial charge >= 0.3 is 0 Å². The number of benzene rings is 1. The third-order valence-corrected chi connectivity index (χ3v) is 5.63. The van der Waals surface area contributed by atoms with Gasteiger partial charge in [-0.3, -0.25) is 14.4 Å². The highest BCUT2D eigenvalue weighted by molar-refractivity contribution is 7.89. The summed E-state index contributed by atoms with van der Waals surface area (Å²) in [5.41, 5.74) is 0. The summed E-state index contributed by atoms with van der Waals surface area (Å²) >= 11 is 0. The summed E-state index contributed by atoms with van der Waals surface area (Å²) in [6.45, 7) is 3.82. The Labute approximate surface area is 164 Å². The van der Waals surface area contributed by atoms with Crippen LogP contribution in [0.5, 0.6) is 0 Å². The standard InChI is InChI=1S/C18H25N3O6S/c1-12(2)15(21-28(25,26)13-7-4-3-5-8-13)17(23)20-14-11-27-10-6-9-19-18(24)16(14)22/h3-5,7-8,12,14-15,21H,6,9-11H2,1-2H3,(H,19,24)(H,20,23). The van der Waals surface area contributed by atoms with E-state index in [1.54, 1.807) is 32.0 Å². The number of nitrogens with one attached hydrogen (secondary N) is 3. The van der Waals surface area contributed by atoms with Crippen molar-refractivity contribution in [2.24, 2.45) is 5.92 Å². The van der Waals surface area contributed by atoms with Crippen molar-refractivity contribution in [1.82, 2.24) is 15.4 Å². The van der Waals surface area contributed by atoms with Gasteiger partial charge in [-0.15, -0.1) is 0 Å². The number of Topliss-reactive ketones (excluding diaryl/α,β-unsaturated/α-hetero) is 1. The Morgan fingerprint density at radius 1 is 1.21 bits per heavy atom. The molecule has 2 unspecified atom stereocenters. The lowest BCUT2D eigenvalue weighted by molar-refractivity contribution is -0.141. The minimum atomic E-state index is -3.94. The lowest BCUT2D eigenvalue weighted by Gasteiger charge is -2.24. The minimum absolute atomic E-state index is 0.0229. The van der Waals surface area contributed by atoms with E-state index in [4.69, 9.17) is 4.74 Å². The van der Waals surface area contributed by atoms with E-state index in [2.05, 4.69) is 15.4 Å². The van der Waals surface area contributed by atoms with Crippen LogP contribution < -0.4 is 15.4 Å². The molecular formula is C18H25N3O6S. The lowest BCUT2D eigenvalue weighted by atomic mass is 10.0. The van der Waals surface area contributed by atoms with E-state index in [0.717, 1.165) is 0 Å². The second-order valence-electron chi connectivity index (χ2n) is 6.77. The molecule has 1 aliphatic rings. The molecule has 1 aromatic rings. The zero-order valence-corrected chi connectivity index (χ0v) is 16.6. The molecule has 2 rings (SSSR count). The fraction of sp³-hybridized carbons (Fsp3) is 0.500. The number of carbonyl (C=O) groups excluding carboxylic acids is 3. The minimum Gasteiger partial charge on any atom is -0.379 e. The second kappa shape index (κ2) is 9.76. The van der Waals surface area contributed by atoms with E-state index in [0.29, 0.717) is 19.6 Å². The molecule has 10 heteroatoms. The van der Waals surface area contributed by atoms with Gasteiger partial charge in [0.15, 0.2) is 0 Å². The maximum Gasteiger partial charge on any atom is 0.289 e. The molecule has 1 aliphatic heterocycles. The van der Waals surface area contributed by atoms with Crippen molar-refractivity contribution in [3.63, 3.8) is 0 Å². The Bertz CT molecular complexity index is 810. The molecule has 0 radical (unpaired) electrons. The summed E-state index contributed by atoms with van der Waals surface area (Å²) in [6.07, 6.45) is 0.547. The highest BCUT2D eigenvalue weighted by Gasteiger charge is 2.33. The molecule has 0 spiro atoms. The Kier molecular flexibility index (Phi) is 7.67. The summed E-state index contributed by atoms with van der Waals surface area (Å²) < 4.78 is 32.8. The van der Waals surface area contributed by atoms with Crippen LogP contribution in [0.3, 0.4) is 0 Å². The van der Waals surface area contributed by atoms with Crippen LogP contribution in [0.25, 0.3) is 0 Å². The van der Waals surface area contributed by atoms with Gasteiger partial charge in [-0.05, 0) is 24.5 Å². The van der Waals surface area contributed by atoms with Gasteiger partial charge in [-0.1, -0.05) is 32.0 Å². The predicted molar refractivity (Wildman–Crippen MR) is 101 cm³/mol. The zero-order valence-electron chi connectivity index (χ0n) is 15.8. The molecule has 0 aromatic heterocycles. The molecule has 154 valence electrons. The molecule has 28 heavy (non-hydrogen) atoms. The van der Waals surface area contributed by atoms with E-state index in [9.17, 15) is 22.8 Å². The van der Waals surface area contributed by atoms with Gasteiger partial charge in [0, 0.05) is 13.2 Å². The van der Waals surface area contributed by atoms with Gasteiger partial charge in [-0.25, -0.2) is 8.42 Å². The van der Waals surface area contributed by atoms with Gasteiger partial charge in [-0.2, -0.15) is 4.72 Å². The summed E-state index contributed by atoms with van der Waals surface area (Å²) in [5, 5.41) is 4.91. The van der Waals surface area contributed by atoms with E-state index in [1.807, 2.05) is 0 Å². The molecule has 9 nitrogen and oxygen atoms in total. The van der Waals surface area contributed by atoms with Crippen molar-refractivity contribution in [3.8, 4) is 0 Å². The highest BCUT2D eigenvalue weighted by Crippen LogP contribution is 2.12. The number of hydrogen-bond donors (Lipinski definition) is 3. The number of ketones is 1. The van der Waals surface area contributed by atoms with Crippen LogP contribution in [-0.2, 0) is 29.1 Å². The Hall–Kier alpha value is -2.30. The molecule has 1 fully saturated rings. The molecule has 1 heterocycles. The predicted octanol–water partition coefficient (Wildman–Crippen LogP) is -0.420. The number of amides is 2. The first-order valence-electron chi connectivity index (χ1n) is 9.00. The van der Waals surface area contributed by atoms with Crippen molar-refractivity contribution in [2.75, 3.05) is 19.8 Å². The normalized spacial score (nSPS) is 19.9. The monoisotopic (exact) mass is 411 g/mol. The fourth-order valence-electron chi connectivity index (χ4n) is 2.59. The van der Waals surface area contributed by atoms with Gasteiger partial charge in [0.1, 0.15) is 12.1 Å². The third-order valence-electron chi connectivity index (χ3n) is 4.18. The van der Waals surface area contributed by atoms with Crippen molar-refractivity contribution in [2.45, 2.75) is 37.2 Å². The molecule has 2 amide bonds. The summed E-state index contributed by atoms with van der Waals surface area (Å²) in [5.74, 6) is -2.74. The maximum atomic E-state index is 12.7. The fourth-order valence-corrected chi connectivity index (χ4v) is 3.96. The first-order valence-corrected chi connectivity index (χ1v) is 10.5. The van der Waals surface area contributed by atoms with E-state index < -0.39 is 45.6 Å². The number of ether oxygens (including phenoxy) is 1. The van der Waals surface area contributed by atoms with Crippen LogP contribution in [0, 0.1) is 5.92 Å². The average Bonchev–Trinajstić information content (AvgIpc) is 2.73. The zero-order chi connectivity index (χ0) is 20.7. The topological polar surface area (TPSA) is 131 Å². The molecule has 3 N–H and O–H groups in total. The van der Waals surface area contributed by atoms with Crippen molar-refractivity contribution >= 4 is 27.6 Å². The van der Waals surface area contributed by atoms with E-state index >= 15 is 0 Å². The average molecular weight is 411 g/mol. The summed E-state index contributed by atoms with van der Waals surface area (Å²) in [6, 6.07) is 5.34. The number of sulfonamides is 1. The summed E-state index contributed by atoms with van der Waals surface area (Å²) in [4.78, 5) is 36.8. The van der Waals surface area contributed by atoms with Crippen LogP contribution in [0.15, 0.2) is 35.2 Å². The number of hydrogen-bond acceptors (Lipinski definition) is 6. The molecule has 1 aromatic carbocycles. The first kappa shape index (κ1) is 22.0. The number of rotatable bonds is 6. The van der Waals surface area contributed by atoms with Crippen LogP contribution in [0.4, 0.5) is 0 Å². The Morgan fingerprint density at radius 3 is 2.54 bits per heavy atom. The first-order chi connectivity index (χ1) is 13.2. The summed E-state index contributed by atoms with van der Waals surface area (Å²) in [7, 11) is -3.94. The van der Waals surface area contributed by atoms with E-state index in [1.165, 1.54) is 12.1 Å². The molecule has 0 aliphatic carbocycles. The quantitative estimate of drug-likeness (QED) is 0.545. The Balaban J connectivity index is 2.15. The van der Waals surface area contributed by atoms with Gasteiger partial charge in [0.05, 0.1) is 11.5 Å². The molecule has 1 saturated heterocycles. The van der Waals surface area contributed by atoms with Crippen molar-refractivity contribution in [3.05, 3.63) is 30.3 Å². The van der Waals surface area contributed by atoms with Crippen LogP contribution in [0.2, 0.25) is 0 Å². The lowest BCUT2D eigenvalue weighted by Crippen LogP contribution is -2.56. The number of carbonyl (C=O) groups is 3. The second-order valence-corrected chi connectivity index (χ2v) is 8.48. The maximum absolute atomic E-state index is 12.7. The smallest absolute Gasteiger partial charge is 0.289 e. The van der Waals surface area contributed by atoms with Crippen LogP contribution in [0.1, 0.15) is 20.3 Å². The SMILES string of the molecule is CC(C)C(NS(=O)(=O)c1ccccc1)C(=O)NC1COCCCNC(=O)C1=O. The van der Waals surface area contributed by atoms with Gasteiger partial charge < -0.3 is 15.4 Å². The van der Waals surface area contributed by atoms with Crippen LogP contribution in [-0.4, -0.2) is 57.9 Å². The van der Waals surface area contributed by atoms with Gasteiger partial charge in [0.2, 0.25) is 21.7 Å².